The Morgan fingerprint density at radius 3 is 2.36 bits per heavy atom. The van der Waals surface area contributed by atoms with Gasteiger partial charge in [0.25, 0.3) is 5.91 Å². The van der Waals surface area contributed by atoms with Crippen LogP contribution >= 0.6 is 0 Å². The van der Waals surface area contributed by atoms with Gasteiger partial charge in [-0.2, -0.15) is 0 Å². The second-order valence-electron chi connectivity index (χ2n) is 7.87. The fourth-order valence-electron chi connectivity index (χ4n) is 4.18. The molecule has 2 aliphatic heterocycles. The van der Waals surface area contributed by atoms with Crippen molar-refractivity contribution in [3.05, 3.63) is 53.9 Å². The van der Waals surface area contributed by atoms with E-state index in [2.05, 4.69) is 4.98 Å². The van der Waals surface area contributed by atoms with Crippen LogP contribution in [0.5, 0.6) is 0 Å². The number of amides is 2. The lowest BCUT2D eigenvalue weighted by Gasteiger charge is -2.33. The van der Waals surface area contributed by atoms with Crippen molar-refractivity contribution < 1.29 is 9.59 Å². The van der Waals surface area contributed by atoms with Gasteiger partial charge in [-0.15, -0.1) is 0 Å². The van der Waals surface area contributed by atoms with Gasteiger partial charge < -0.3 is 9.80 Å². The van der Waals surface area contributed by atoms with Crippen LogP contribution in [-0.4, -0.2) is 52.8 Å². The number of carbonyl (C=O) groups is 2. The summed E-state index contributed by atoms with van der Waals surface area (Å²) >= 11 is 0. The maximum Gasteiger partial charge on any atom is 0.253 e. The smallest absolute Gasteiger partial charge is 0.253 e. The van der Waals surface area contributed by atoms with E-state index in [0.717, 1.165) is 55.6 Å². The number of rotatable bonds is 3. The van der Waals surface area contributed by atoms with Gasteiger partial charge in [0.1, 0.15) is 0 Å². The third-order valence-corrected chi connectivity index (χ3v) is 5.90. The van der Waals surface area contributed by atoms with E-state index in [0.29, 0.717) is 24.6 Å². The number of pyridine rings is 1. The maximum atomic E-state index is 13.0. The molecule has 0 bridgehead atoms. The number of nitrogens with zero attached hydrogens (tertiary/aromatic N) is 3. The second-order valence-corrected chi connectivity index (χ2v) is 7.87. The predicted molar refractivity (Wildman–Crippen MR) is 109 cm³/mol. The number of piperidine rings is 1. The van der Waals surface area contributed by atoms with Gasteiger partial charge >= 0.3 is 0 Å². The molecule has 0 N–H and O–H groups in total. The summed E-state index contributed by atoms with van der Waals surface area (Å²) in [6.45, 7) is 5.07. The minimum atomic E-state index is 0.0500. The van der Waals surface area contributed by atoms with E-state index in [1.165, 1.54) is 0 Å². The molecule has 28 heavy (non-hydrogen) atoms. The van der Waals surface area contributed by atoms with Gasteiger partial charge in [-0.1, -0.05) is 18.2 Å². The van der Waals surface area contributed by atoms with E-state index in [4.69, 9.17) is 0 Å². The SMILES string of the molecule is Cc1ccc(-c2cccc(C(=O)N3CCC(C(=O)N4CCCC4)CC3)c2)cn1. The van der Waals surface area contributed by atoms with Crippen molar-refractivity contribution in [3.8, 4) is 11.1 Å². The molecular formula is C23H27N3O2. The van der Waals surface area contributed by atoms with Crippen LogP contribution in [0, 0.1) is 12.8 Å². The van der Waals surface area contributed by atoms with E-state index in [1.807, 2.05) is 59.3 Å². The van der Waals surface area contributed by atoms with E-state index in [-0.39, 0.29) is 11.8 Å². The van der Waals surface area contributed by atoms with Crippen molar-refractivity contribution in [2.75, 3.05) is 26.2 Å². The Hall–Kier alpha value is -2.69. The first-order chi connectivity index (χ1) is 13.6. The first kappa shape index (κ1) is 18.7. The van der Waals surface area contributed by atoms with Gasteiger partial charge in [-0.25, -0.2) is 0 Å². The molecule has 2 aromatic rings. The van der Waals surface area contributed by atoms with E-state index in [9.17, 15) is 9.59 Å². The topological polar surface area (TPSA) is 53.5 Å². The van der Waals surface area contributed by atoms with Gasteiger partial charge in [0.05, 0.1) is 0 Å². The molecule has 0 saturated carbocycles. The Morgan fingerprint density at radius 2 is 1.68 bits per heavy atom. The fraction of sp³-hybridized carbons (Fsp3) is 0.435. The Morgan fingerprint density at radius 1 is 0.929 bits per heavy atom. The van der Waals surface area contributed by atoms with Crippen molar-refractivity contribution in [3.63, 3.8) is 0 Å². The van der Waals surface area contributed by atoms with Crippen LogP contribution in [0.1, 0.15) is 41.7 Å². The molecule has 0 spiro atoms. The zero-order valence-corrected chi connectivity index (χ0v) is 16.4. The summed E-state index contributed by atoms with van der Waals surface area (Å²) in [5.74, 6) is 0.416. The summed E-state index contributed by atoms with van der Waals surface area (Å²) < 4.78 is 0. The molecule has 0 unspecified atom stereocenters. The lowest BCUT2D eigenvalue weighted by Crippen LogP contribution is -2.43. The summed E-state index contributed by atoms with van der Waals surface area (Å²) in [6, 6.07) is 11.7. The zero-order chi connectivity index (χ0) is 19.5. The summed E-state index contributed by atoms with van der Waals surface area (Å²) in [6.07, 6.45) is 5.62. The average Bonchev–Trinajstić information content (AvgIpc) is 3.28. The van der Waals surface area contributed by atoms with Crippen molar-refractivity contribution in [2.24, 2.45) is 5.92 Å². The summed E-state index contributed by atoms with van der Waals surface area (Å²) in [5.41, 5.74) is 3.68. The molecule has 146 valence electrons. The van der Waals surface area contributed by atoms with Crippen LogP contribution < -0.4 is 0 Å². The van der Waals surface area contributed by atoms with Gasteiger partial charge in [0.15, 0.2) is 0 Å². The molecule has 2 saturated heterocycles. The third-order valence-electron chi connectivity index (χ3n) is 5.90. The first-order valence-corrected chi connectivity index (χ1v) is 10.2. The van der Waals surface area contributed by atoms with Gasteiger partial charge in [-0.3, -0.25) is 14.6 Å². The molecule has 2 fully saturated rings. The Bertz CT molecular complexity index is 848. The number of aryl methyl sites for hydroxylation is 1. The van der Waals surface area contributed by atoms with Crippen LogP contribution in [-0.2, 0) is 4.79 Å². The highest BCUT2D eigenvalue weighted by atomic mass is 16.2. The van der Waals surface area contributed by atoms with Crippen molar-refractivity contribution in [2.45, 2.75) is 32.6 Å². The minimum absolute atomic E-state index is 0.0500. The van der Waals surface area contributed by atoms with E-state index >= 15 is 0 Å². The quantitative estimate of drug-likeness (QED) is 0.822. The van der Waals surface area contributed by atoms with Crippen LogP contribution in [0.15, 0.2) is 42.6 Å². The Kier molecular flexibility index (Phi) is 5.42. The molecule has 5 heteroatoms. The average molecular weight is 377 g/mol. The number of aromatic nitrogens is 1. The van der Waals surface area contributed by atoms with Gasteiger partial charge in [-0.05, 0) is 56.4 Å². The minimum Gasteiger partial charge on any atom is -0.342 e. The molecule has 1 aromatic carbocycles. The standard InChI is InChI=1S/C23H27N3O2/c1-17-7-8-21(16-24-17)19-5-4-6-20(15-19)23(28)26-13-9-18(10-14-26)22(27)25-11-2-3-12-25/h4-8,15-16,18H,2-3,9-14H2,1H3. The summed E-state index contributed by atoms with van der Waals surface area (Å²) in [7, 11) is 0. The highest BCUT2D eigenvalue weighted by molar-refractivity contribution is 5.95. The normalized spacial score (nSPS) is 17.8. The molecule has 5 nitrogen and oxygen atoms in total. The van der Waals surface area contributed by atoms with Crippen molar-refractivity contribution in [1.82, 2.24) is 14.8 Å². The molecule has 0 aliphatic carbocycles. The van der Waals surface area contributed by atoms with Crippen molar-refractivity contribution >= 4 is 11.8 Å². The highest BCUT2D eigenvalue weighted by Crippen LogP contribution is 2.25. The van der Waals surface area contributed by atoms with Crippen LogP contribution in [0.25, 0.3) is 11.1 Å². The first-order valence-electron chi connectivity index (χ1n) is 10.2. The fourth-order valence-corrected chi connectivity index (χ4v) is 4.18. The highest BCUT2D eigenvalue weighted by Gasteiger charge is 2.31. The summed E-state index contributed by atoms with van der Waals surface area (Å²) in [4.78, 5) is 33.8. The number of likely N-dealkylation sites (tertiary alicyclic amines) is 2. The molecule has 0 atom stereocenters. The number of carbonyl (C=O) groups excluding carboxylic acids is 2. The molecular weight excluding hydrogens is 350 g/mol. The maximum absolute atomic E-state index is 13.0. The Balaban J connectivity index is 1.40. The predicted octanol–water partition coefficient (Wildman–Crippen LogP) is 3.53. The number of hydrogen-bond donors (Lipinski definition) is 0. The Labute approximate surface area is 166 Å². The van der Waals surface area contributed by atoms with Gasteiger partial charge in [0, 0.05) is 55.1 Å². The third kappa shape index (κ3) is 3.93. The summed E-state index contributed by atoms with van der Waals surface area (Å²) in [5, 5.41) is 0. The van der Waals surface area contributed by atoms with Gasteiger partial charge in [0.2, 0.25) is 5.91 Å². The number of benzene rings is 1. The molecule has 0 radical (unpaired) electrons. The molecule has 1 aromatic heterocycles. The second kappa shape index (κ2) is 8.13. The molecule has 2 aliphatic rings. The van der Waals surface area contributed by atoms with Crippen LogP contribution in [0.2, 0.25) is 0 Å². The molecule has 3 heterocycles. The van der Waals surface area contributed by atoms with Crippen LogP contribution in [0.4, 0.5) is 0 Å². The largest absolute Gasteiger partial charge is 0.342 e. The lowest BCUT2D eigenvalue weighted by atomic mass is 9.94. The number of hydrogen-bond acceptors (Lipinski definition) is 3. The van der Waals surface area contributed by atoms with E-state index < -0.39 is 0 Å². The molecule has 4 rings (SSSR count). The molecule has 2 amide bonds. The lowest BCUT2D eigenvalue weighted by molar-refractivity contribution is -0.135. The van der Waals surface area contributed by atoms with Crippen molar-refractivity contribution in [1.29, 1.82) is 0 Å². The monoisotopic (exact) mass is 377 g/mol. The van der Waals surface area contributed by atoms with Crippen LogP contribution in [0.3, 0.4) is 0 Å². The van der Waals surface area contributed by atoms with E-state index in [1.54, 1.807) is 0 Å². The zero-order valence-electron chi connectivity index (χ0n) is 16.4.